The lowest BCUT2D eigenvalue weighted by atomic mass is 9.98. The molecule has 3 aromatic rings. The molecule has 0 N–H and O–H groups in total. The molecule has 0 nitrogen and oxygen atoms in total. The van der Waals surface area contributed by atoms with Crippen molar-refractivity contribution in [2.75, 3.05) is 0 Å². The van der Waals surface area contributed by atoms with Gasteiger partial charge in [-0.3, -0.25) is 0 Å². The molecule has 2 aliphatic carbocycles. The van der Waals surface area contributed by atoms with Crippen LogP contribution in [0.4, 0.5) is 22.0 Å². The molecule has 1 atom stereocenters. The van der Waals surface area contributed by atoms with E-state index in [9.17, 15) is 13.2 Å². The average Bonchev–Trinajstić information content (AvgIpc) is 3.30. The third kappa shape index (κ3) is 3.15. The summed E-state index contributed by atoms with van der Waals surface area (Å²) in [5, 5.41) is 0.812. The van der Waals surface area contributed by atoms with E-state index in [0.717, 1.165) is 33.0 Å². The smallest absolute Gasteiger partial charge is 0.200 e. The highest BCUT2D eigenvalue weighted by molar-refractivity contribution is 6.87. The van der Waals surface area contributed by atoms with Crippen molar-refractivity contribution in [3.05, 3.63) is 111 Å². The predicted molar refractivity (Wildman–Crippen MR) is 132 cm³/mol. The molecular formula is C29H25F5Si. The average molecular weight is 497 g/mol. The maximum atomic E-state index is 15.1. The number of hydrogen-bond donors (Lipinski definition) is 0. The first-order valence-electron chi connectivity index (χ1n) is 11.6. The SMILES string of the molecule is CC1=C(C)C(C)C([Si](C)(C)C2c3ccccc3-c3ccccc32)=C1c1c(F)c(F)c(F)c(F)c1F. The van der Waals surface area contributed by atoms with Gasteiger partial charge in [0.2, 0.25) is 5.82 Å². The van der Waals surface area contributed by atoms with Gasteiger partial charge in [0, 0.05) is 5.54 Å². The maximum absolute atomic E-state index is 15.1. The Morgan fingerprint density at radius 3 is 1.57 bits per heavy atom. The first-order chi connectivity index (χ1) is 16.5. The lowest BCUT2D eigenvalue weighted by Crippen LogP contribution is -2.40. The van der Waals surface area contributed by atoms with Gasteiger partial charge in [0.05, 0.1) is 13.6 Å². The Bertz CT molecular complexity index is 1390. The summed E-state index contributed by atoms with van der Waals surface area (Å²) in [4.78, 5) is 0. The summed E-state index contributed by atoms with van der Waals surface area (Å²) < 4.78 is 72.8. The second-order valence-corrected chi connectivity index (χ2v) is 14.7. The molecule has 35 heavy (non-hydrogen) atoms. The van der Waals surface area contributed by atoms with Gasteiger partial charge in [0.15, 0.2) is 23.3 Å². The molecule has 0 spiro atoms. The van der Waals surface area contributed by atoms with Crippen LogP contribution in [-0.4, -0.2) is 8.07 Å². The van der Waals surface area contributed by atoms with Gasteiger partial charge < -0.3 is 0 Å². The van der Waals surface area contributed by atoms with Gasteiger partial charge in [-0.1, -0.05) is 79.3 Å². The predicted octanol–water partition coefficient (Wildman–Crippen LogP) is 8.72. The molecular weight excluding hydrogens is 471 g/mol. The molecule has 0 heterocycles. The Kier molecular flexibility index (Phi) is 5.44. The van der Waals surface area contributed by atoms with E-state index in [1.807, 2.05) is 38.1 Å². The fourth-order valence-electron chi connectivity index (χ4n) is 6.27. The number of fused-ring (bicyclic) bond motifs is 3. The molecule has 0 saturated carbocycles. The summed E-state index contributed by atoms with van der Waals surface area (Å²) in [5.74, 6) is -9.68. The molecule has 6 heteroatoms. The van der Waals surface area contributed by atoms with Crippen LogP contribution in [0.1, 0.15) is 43.0 Å². The molecule has 3 aromatic carbocycles. The van der Waals surface area contributed by atoms with E-state index in [0.29, 0.717) is 5.57 Å². The molecule has 5 rings (SSSR count). The van der Waals surface area contributed by atoms with Gasteiger partial charge in [-0.15, -0.1) is 0 Å². The Morgan fingerprint density at radius 1 is 0.657 bits per heavy atom. The molecule has 0 amide bonds. The van der Waals surface area contributed by atoms with Crippen LogP contribution < -0.4 is 0 Å². The van der Waals surface area contributed by atoms with Crippen molar-refractivity contribution < 1.29 is 22.0 Å². The highest BCUT2D eigenvalue weighted by Gasteiger charge is 2.48. The van der Waals surface area contributed by atoms with Crippen LogP contribution in [0.15, 0.2) is 64.9 Å². The third-order valence-corrected chi connectivity index (χ3v) is 12.2. The zero-order valence-electron chi connectivity index (χ0n) is 20.2. The molecule has 2 aliphatic rings. The molecule has 0 bridgehead atoms. The van der Waals surface area contributed by atoms with Crippen LogP contribution in [0.2, 0.25) is 13.1 Å². The maximum Gasteiger partial charge on any atom is 0.200 e. The van der Waals surface area contributed by atoms with Crippen LogP contribution in [0.25, 0.3) is 16.7 Å². The van der Waals surface area contributed by atoms with Crippen LogP contribution in [0.3, 0.4) is 0 Å². The molecule has 0 radical (unpaired) electrons. The van der Waals surface area contributed by atoms with Gasteiger partial charge in [-0.05, 0) is 53.2 Å². The largest absolute Gasteiger partial charge is 0.203 e. The second kappa shape index (κ2) is 8.02. The summed E-state index contributed by atoms with van der Waals surface area (Å²) >= 11 is 0. The van der Waals surface area contributed by atoms with Crippen molar-refractivity contribution in [1.29, 1.82) is 0 Å². The van der Waals surface area contributed by atoms with E-state index in [-0.39, 0.29) is 17.0 Å². The minimum atomic E-state index is -2.66. The highest BCUT2D eigenvalue weighted by atomic mass is 28.3. The summed E-state index contributed by atoms with van der Waals surface area (Å²) in [7, 11) is -2.66. The van der Waals surface area contributed by atoms with E-state index < -0.39 is 42.7 Å². The molecule has 0 aliphatic heterocycles. The van der Waals surface area contributed by atoms with E-state index >= 15 is 8.78 Å². The van der Waals surface area contributed by atoms with Crippen molar-refractivity contribution in [3.63, 3.8) is 0 Å². The van der Waals surface area contributed by atoms with Gasteiger partial charge >= 0.3 is 0 Å². The topological polar surface area (TPSA) is 0 Å². The second-order valence-electron chi connectivity index (χ2n) is 10.1. The zero-order chi connectivity index (χ0) is 25.4. The molecule has 0 aromatic heterocycles. The first kappa shape index (κ1) is 23.7. The van der Waals surface area contributed by atoms with Crippen molar-refractivity contribution in [2.24, 2.45) is 5.92 Å². The lowest BCUT2D eigenvalue weighted by molar-refractivity contribution is 0.376. The fourth-order valence-corrected chi connectivity index (χ4v) is 10.9. The minimum absolute atomic E-state index is 0.0256. The van der Waals surface area contributed by atoms with Crippen LogP contribution >= 0.6 is 0 Å². The van der Waals surface area contributed by atoms with Gasteiger partial charge in [0.1, 0.15) is 0 Å². The Balaban J connectivity index is 1.84. The monoisotopic (exact) mass is 496 g/mol. The minimum Gasteiger partial charge on any atom is -0.203 e. The standard InChI is InChI=1S/C29H25F5Si/c1-14-15(2)21(22-23(30)25(32)27(34)26(33)24(22)31)28(16(14)3)35(4,5)29-19-12-8-6-10-17(19)18-11-7-9-13-20(18)29/h6-13,16,29H,1-5H3. The van der Waals surface area contributed by atoms with Crippen LogP contribution in [0.5, 0.6) is 0 Å². The number of halogens is 5. The number of benzene rings is 3. The Morgan fingerprint density at radius 2 is 1.09 bits per heavy atom. The number of allylic oxidation sites excluding steroid dienone is 4. The summed E-state index contributed by atoms with van der Waals surface area (Å²) in [6.45, 7) is 9.84. The van der Waals surface area contributed by atoms with Crippen molar-refractivity contribution in [2.45, 2.75) is 39.4 Å². The third-order valence-electron chi connectivity index (χ3n) is 8.03. The van der Waals surface area contributed by atoms with Gasteiger partial charge in [-0.2, -0.15) is 0 Å². The quantitative estimate of drug-likeness (QED) is 0.147. The lowest BCUT2D eigenvalue weighted by Gasteiger charge is -2.37. The normalized spacial score (nSPS) is 17.9. The highest BCUT2D eigenvalue weighted by Crippen LogP contribution is 2.56. The van der Waals surface area contributed by atoms with Gasteiger partial charge in [0.25, 0.3) is 0 Å². The number of hydrogen-bond acceptors (Lipinski definition) is 0. The Labute approximate surface area is 202 Å². The van der Waals surface area contributed by atoms with E-state index in [1.54, 1.807) is 6.92 Å². The van der Waals surface area contributed by atoms with Crippen LogP contribution in [-0.2, 0) is 0 Å². The molecule has 1 unspecified atom stereocenters. The van der Waals surface area contributed by atoms with E-state index in [2.05, 4.69) is 37.4 Å². The molecule has 0 saturated heterocycles. The Hall–Kier alpha value is -2.99. The van der Waals surface area contributed by atoms with Crippen LogP contribution in [0, 0.1) is 35.0 Å². The van der Waals surface area contributed by atoms with E-state index in [1.165, 1.54) is 0 Å². The van der Waals surface area contributed by atoms with Crippen molar-refractivity contribution >= 4 is 13.6 Å². The summed E-state index contributed by atoms with van der Waals surface area (Å²) in [6.07, 6.45) is 0. The number of rotatable bonds is 3. The van der Waals surface area contributed by atoms with E-state index in [4.69, 9.17) is 0 Å². The first-order valence-corrected chi connectivity index (χ1v) is 14.7. The summed E-state index contributed by atoms with van der Waals surface area (Å²) in [6, 6.07) is 16.2. The molecule has 0 fully saturated rings. The summed E-state index contributed by atoms with van der Waals surface area (Å²) in [5.41, 5.74) is 5.35. The zero-order valence-corrected chi connectivity index (χ0v) is 21.2. The molecule has 180 valence electrons. The van der Waals surface area contributed by atoms with Crippen molar-refractivity contribution in [3.8, 4) is 11.1 Å². The van der Waals surface area contributed by atoms with Crippen molar-refractivity contribution in [1.82, 2.24) is 0 Å². The van der Waals surface area contributed by atoms with Gasteiger partial charge in [-0.25, -0.2) is 22.0 Å². The fraction of sp³-hybridized carbons (Fsp3) is 0.241.